The summed E-state index contributed by atoms with van der Waals surface area (Å²) in [4.78, 5) is 23.4. The first-order valence-electron chi connectivity index (χ1n) is 7.40. The summed E-state index contributed by atoms with van der Waals surface area (Å²) in [5.41, 5.74) is -0.104. The van der Waals surface area contributed by atoms with Gasteiger partial charge in [0.15, 0.2) is 0 Å². The fourth-order valence-electron chi connectivity index (χ4n) is 2.23. The second kappa shape index (κ2) is 8.28. The average Bonchev–Trinajstić information content (AvgIpc) is 2.65. The second-order valence-electron chi connectivity index (χ2n) is 5.18. The summed E-state index contributed by atoms with van der Waals surface area (Å²) in [7, 11) is -0.505. The first-order valence-corrected chi connectivity index (χ1v) is 9.26. The minimum Gasteiger partial charge on any atom is -0.495 e. The van der Waals surface area contributed by atoms with E-state index in [9.17, 15) is 18.0 Å². The molecule has 0 fully saturated rings. The predicted molar refractivity (Wildman–Crippen MR) is 97.9 cm³/mol. The van der Waals surface area contributed by atoms with Crippen molar-refractivity contribution in [3.8, 4) is 5.75 Å². The molecule has 144 valence electrons. The van der Waals surface area contributed by atoms with Gasteiger partial charge in [-0.05, 0) is 36.4 Å². The van der Waals surface area contributed by atoms with Crippen LogP contribution in [0, 0.1) is 0 Å². The summed E-state index contributed by atoms with van der Waals surface area (Å²) in [5.74, 6) is -1.42. The van der Waals surface area contributed by atoms with E-state index in [0.717, 1.165) is 14.2 Å². The van der Waals surface area contributed by atoms with Crippen LogP contribution in [0.15, 0.2) is 41.3 Å². The summed E-state index contributed by atoms with van der Waals surface area (Å²) in [6, 6.07) is 7.79. The summed E-state index contributed by atoms with van der Waals surface area (Å²) in [6.07, 6.45) is 0. The Kier molecular flexibility index (Phi) is 6.29. The number of nitrogens with one attached hydrogen (secondary N) is 1. The molecule has 0 spiro atoms. The minimum atomic E-state index is -4.14. The maximum Gasteiger partial charge on any atom is 0.337 e. The molecule has 0 aromatic heterocycles. The van der Waals surface area contributed by atoms with Crippen LogP contribution in [0.25, 0.3) is 0 Å². The van der Waals surface area contributed by atoms with Crippen molar-refractivity contribution in [1.29, 1.82) is 0 Å². The highest BCUT2D eigenvalue weighted by molar-refractivity contribution is 7.92. The Bertz CT molecular complexity index is 955. The SMILES string of the molecule is COC(=O)c1cc(NS(=O)(=O)c2cc(Cl)ccc2OC)cc(C(=O)OC)c1. The highest BCUT2D eigenvalue weighted by Crippen LogP contribution is 2.29. The number of halogens is 1. The largest absolute Gasteiger partial charge is 0.495 e. The van der Waals surface area contributed by atoms with Gasteiger partial charge in [0.2, 0.25) is 0 Å². The van der Waals surface area contributed by atoms with Gasteiger partial charge in [0.05, 0.1) is 38.1 Å². The number of carbonyl (C=O) groups excluding carboxylic acids is 2. The molecular formula is C17H16ClNO7S. The van der Waals surface area contributed by atoms with Gasteiger partial charge in [0.25, 0.3) is 10.0 Å². The topological polar surface area (TPSA) is 108 Å². The maximum absolute atomic E-state index is 12.8. The normalized spacial score (nSPS) is 10.8. The Morgan fingerprint density at radius 2 is 1.48 bits per heavy atom. The van der Waals surface area contributed by atoms with Gasteiger partial charge in [-0.2, -0.15) is 0 Å². The van der Waals surface area contributed by atoms with Crippen molar-refractivity contribution in [2.45, 2.75) is 4.90 Å². The third-order valence-electron chi connectivity index (χ3n) is 3.44. The Morgan fingerprint density at radius 1 is 0.926 bits per heavy atom. The Balaban J connectivity index is 2.53. The van der Waals surface area contributed by atoms with Gasteiger partial charge in [-0.25, -0.2) is 18.0 Å². The zero-order valence-corrected chi connectivity index (χ0v) is 16.2. The first-order chi connectivity index (χ1) is 12.7. The first kappa shape index (κ1) is 20.5. The Labute approximate surface area is 161 Å². The molecule has 27 heavy (non-hydrogen) atoms. The third-order valence-corrected chi connectivity index (χ3v) is 5.08. The number of sulfonamides is 1. The fraction of sp³-hybridized carbons (Fsp3) is 0.176. The lowest BCUT2D eigenvalue weighted by Gasteiger charge is -2.13. The lowest BCUT2D eigenvalue weighted by Crippen LogP contribution is -2.16. The van der Waals surface area contributed by atoms with Crippen LogP contribution in [0.3, 0.4) is 0 Å². The Morgan fingerprint density at radius 3 is 1.96 bits per heavy atom. The molecule has 0 unspecified atom stereocenters. The van der Waals surface area contributed by atoms with Crippen molar-refractivity contribution in [1.82, 2.24) is 0 Å². The molecule has 1 N–H and O–H groups in total. The fourth-order valence-corrected chi connectivity index (χ4v) is 3.70. The van der Waals surface area contributed by atoms with Gasteiger partial charge in [0, 0.05) is 5.02 Å². The summed E-state index contributed by atoms with van der Waals surface area (Å²) in [5, 5.41) is 0.190. The number of hydrogen-bond acceptors (Lipinski definition) is 7. The molecule has 0 aliphatic rings. The third kappa shape index (κ3) is 4.69. The number of hydrogen-bond donors (Lipinski definition) is 1. The molecular weight excluding hydrogens is 398 g/mol. The van der Waals surface area contributed by atoms with Crippen LogP contribution in [-0.2, 0) is 19.5 Å². The van der Waals surface area contributed by atoms with Crippen LogP contribution >= 0.6 is 11.6 Å². The average molecular weight is 414 g/mol. The van der Waals surface area contributed by atoms with E-state index in [4.69, 9.17) is 16.3 Å². The van der Waals surface area contributed by atoms with Gasteiger partial charge >= 0.3 is 11.9 Å². The highest BCUT2D eigenvalue weighted by atomic mass is 35.5. The van der Waals surface area contributed by atoms with E-state index >= 15 is 0 Å². The quantitative estimate of drug-likeness (QED) is 0.725. The van der Waals surface area contributed by atoms with Crippen molar-refractivity contribution in [2.24, 2.45) is 0 Å². The van der Waals surface area contributed by atoms with E-state index in [2.05, 4.69) is 14.2 Å². The van der Waals surface area contributed by atoms with E-state index < -0.39 is 22.0 Å². The summed E-state index contributed by atoms with van der Waals surface area (Å²) >= 11 is 5.88. The van der Waals surface area contributed by atoms with E-state index in [-0.39, 0.29) is 32.5 Å². The molecule has 0 heterocycles. The zero-order valence-electron chi connectivity index (χ0n) is 14.6. The molecule has 0 aliphatic heterocycles. The molecule has 0 atom stereocenters. The van der Waals surface area contributed by atoms with Gasteiger partial charge in [-0.15, -0.1) is 0 Å². The molecule has 10 heteroatoms. The maximum atomic E-state index is 12.8. The predicted octanol–water partition coefficient (Wildman–Crippen LogP) is 2.72. The number of methoxy groups -OCH3 is 3. The van der Waals surface area contributed by atoms with Crippen LogP contribution in [-0.4, -0.2) is 41.7 Å². The van der Waals surface area contributed by atoms with Gasteiger partial charge in [-0.1, -0.05) is 11.6 Å². The number of anilines is 1. The van der Waals surface area contributed by atoms with Crippen LogP contribution in [0.5, 0.6) is 5.75 Å². The van der Waals surface area contributed by atoms with Gasteiger partial charge in [-0.3, -0.25) is 4.72 Å². The lowest BCUT2D eigenvalue weighted by atomic mass is 10.1. The molecule has 0 radical (unpaired) electrons. The molecule has 2 aromatic carbocycles. The molecule has 0 amide bonds. The van der Waals surface area contributed by atoms with Crippen molar-refractivity contribution >= 4 is 39.3 Å². The van der Waals surface area contributed by atoms with E-state index in [0.29, 0.717) is 0 Å². The molecule has 2 aromatic rings. The Hall–Kier alpha value is -2.78. The number of esters is 2. The number of ether oxygens (including phenoxy) is 3. The zero-order chi connectivity index (χ0) is 20.2. The van der Waals surface area contributed by atoms with E-state index in [1.54, 1.807) is 0 Å². The summed E-state index contributed by atoms with van der Waals surface area (Å²) in [6.45, 7) is 0. The van der Waals surface area contributed by atoms with Crippen molar-refractivity contribution in [3.05, 3.63) is 52.5 Å². The van der Waals surface area contributed by atoms with Crippen LogP contribution in [0.1, 0.15) is 20.7 Å². The van der Waals surface area contributed by atoms with Gasteiger partial charge in [0.1, 0.15) is 10.6 Å². The number of carbonyl (C=O) groups is 2. The molecule has 0 saturated carbocycles. The standard InChI is InChI=1S/C17H16ClNO7S/c1-24-14-5-4-12(18)9-15(14)27(22,23)19-13-7-10(16(20)25-2)6-11(8-13)17(21)26-3/h4-9,19H,1-3H3. The minimum absolute atomic E-state index is 0.0313. The van der Waals surface area contributed by atoms with Crippen molar-refractivity contribution in [3.63, 3.8) is 0 Å². The monoisotopic (exact) mass is 413 g/mol. The molecule has 0 bridgehead atoms. The molecule has 2 rings (SSSR count). The van der Waals surface area contributed by atoms with Crippen molar-refractivity contribution in [2.75, 3.05) is 26.1 Å². The van der Waals surface area contributed by atoms with Crippen LogP contribution < -0.4 is 9.46 Å². The van der Waals surface area contributed by atoms with Crippen LogP contribution in [0.2, 0.25) is 5.02 Å². The number of benzene rings is 2. The van der Waals surface area contributed by atoms with E-state index in [1.807, 2.05) is 0 Å². The van der Waals surface area contributed by atoms with Gasteiger partial charge < -0.3 is 14.2 Å². The summed E-state index contributed by atoms with van der Waals surface area (Å²) < 4.78 is 42.1. The smallest absolute Gasteiger partial charge is 0.337 e. The highest BCUT2D eigenvalue weighted by Gasteiger charge is 2.22. The second-order valence-corrected chi connectivity index (χ2v) is 7.27. The lowest BCUT2D eigenvalue weighted by molar-refractivity contribution is 0.0599. The van der Waals surface area contributed by atoms with Crippen LogP contribution in [0.4, 0.5) is 5.69 Å². The molecule has 0 aliphatic carbocycles. The van der Waals surface area contributed by atoms with Crippen molar-refractivity contribution < 1.29 is 32.2 Å². The van der Waals surface area contributed by atoms with E-state index in [1.165, 1.54) is 43.5 Å². The molecule has 8 nitrogen and oxygen atoms in total. The molecule has 0 saturated heterocycles. The number of rotatable bonds is 6.